The van der Waals surface area contributed by atoms with Crippen LogP contribution < -0.4 is 15.4 Å². The van der Waals surface area contributed by atoms with E-state index in [1.165, 1.54) is 0 Å². The first-order chi connectivity index (χ1) is 16.9. The molecule has 0 spiro atoms. The third kappa shape index (κ3) is 6.47. The predicted molar refractivity (Wildman–Crippen MR) is 146 cm³/mol. The molecule has 0 saturated heterocycles. The molecule has 4 aromatic carbocycles. The molecular formula is C29H28Cl2N2O2. The van der Waals surface area contributed by atoms with Gasteiger partial charge >= 0.3 is 0 Å². The fourth-order valence-electron chi connectivity index (χ4n) is 3.79. The van der Waals surface area contributed by atoms with Gasteiger partial charge in [-0.25, -0.2) is 0 Å². The largest absolute Gasteiger partial charge is 0.488 e. The van der Waals surface area contributed by atoms with Crippen molar-refractivity contribution in [3.8, 4) is 5.75 Å². The maximum absolute atomic E-state index is 12.5. The van der Waals surface area contributed by atoms with E-state index >= 15 is 0 Å². The number of fused-ring (bicyclic) bond motifs is 1. The minimum absolute atomic E-state index is 0.0728. The van der Waals surface area contributed by atoms with Gasteiger partial charge in [-0.2, -0.15) is 0 Å². The first kappa shape index (κ1) is 24.9. The summed E-state index contributed by atoms with van der Waals surface area (Å²) in [4.78, 5) is 12.5. The van der Waals surface area contributed by atoms with Crippen LogP contribution in [0.3, 0.4) is 0 Å². The van der Waals surface area contributed by atoms with Gasteiger partial charge in [-0.3, -0.25) is 4.79 Å². The summed E-state index contributed by atoms with van der Waals surface area (Å²) in [6, 6.07) is 25.2. The highest BCUT2D eigenvalue weighted by Crippen LogP contribution is 2.31. The van der Waals surface area contributed by atoms with E-state index in [1.54, 1.807) is 12.1 Å². The fourth-order valence-corrected chi connectivity index (χ4v) is 4.25. The van der Waals surface area contributed by atoms with E-state index in [4.69, 9.17) is 27.9 Å². The first-order valence-electron chi connectivity index (χ1n) is 11.6. The van der Waals surface area contributed by atoms with Crippen LogP contribution in [0.5, 0.6) is 5.75 Å². The van der Waals surface area contributed by atoms with E-state index in [-0.39, 0.29) is 5.91 Å². The summed E-state index contributed by atoms with van der Waals surface area (Å²) in [6.45, 7) is 5.64. The number of amides is 1. The van der Waals surface area contributed by atoms with Crippen molar-refractivity contribution in [2.75, 3.05) is 11.9 Å². The molecule has 4 rings (SSSR count). The van der Waals surface area contributed by atoms with E-state index in [0.29, 0.717) is 41.2 Å². The molecular weight excluding hydrogens is 479 g/mol. The topological polar surface area (TPSA) is 50.4 Å². The minimum atomic E-state index is -0.0728. The van der Waals surface area contributed by atoms with Gasteiger partial charge in [0.2, 0.25) is 0 Å². The van der Waals surface area contributed by atoms with E-state index in [1.807, 2.05) is 48.5 Å². The van der Waals surface area contributed by atoms with Crippen LogP contribution in [-0.2, 0) is 13.2 Å². The number of rotatable bonds is 9. The zero-order valence-electron chi connectivity index (χ0n) is 19.8. The van der Waals surface area contributed by atoms with Gasteiger partial charge in [0.15, 0.2) is 0 Å². The molecule has 35 heavy (non-hydrogen) atoms. The Morgan fingerprint density at radius 2 is 1.77 bits per heavy atom. The van der Waals surface area contributed by atoms with Gasteiger partial charge < -0.3 is 15.4 Å². The van der Waals surface area contributed by atoms with Crippen LogP contribution in [0.4, 0.5) is 5.69 Å². The number of anilines is 1. The minimum Gasteiger partial charge on any atom is -0.488 e. The monoisotopic (exact) mass is 506 g/mol. The zero-order chi connectivity index (χ0) is 24.8. The molecule has 1 amide bonds. The Hall–Kier alpha value is -3.21. The van der Waals surface area contributed by atoms with Crippen LogP contribution in [0.2, 0.25) is 10.0 Å². The molecule has 0 saturated carbocycles. The van der Waals surface area contributed by atoms with E-state index in [9.17, 15) is 4.79 Å². The van der Waals surface area contributed by atoms with Gasteiger partial charge in [-0.05, 0) is 53.1 Å². The number of ether oxygens (including phenoxy) is 1. The summed E-state index contributed by atoms with van der Waals surface area (Å²) >= 11 is 12.4. The number of nitrogens with one attached hydrogen (secondary N) is 2. The fraction of sp³-hybridized carbons (Fsp3) is 0.207. The number of benzene rings is 4. The lowest BCUT2D eigenvalue weighted by molar-refractivity contribution is 0.0949. The average Bonchev–Trinajstić information content (AvgIpc) is 2.85. The Morgan fingerprint density at radius 1 is 0.943 bits per heavy atom. The smallest absolute Gasteiger partial charge is 0.251 e. The molecule has 0 aliphatic carbocycles. The lowest BCUT2D eigenvalue weighted by Crippen LogP contribution is -2.27. The second-order valence-electron chi connectivity index (χ2n) is 8.83. The summed E-state index contributed by atoms with van der Waals surface area (Å²) in [5.74, 6) is 1.09. The quantitative estimate of drug-likeness (QED) is 0.244. The number of halogens is 2. The molecule has 0 fully saturated rings. The van der Waals surface area contributed by atoms with Crippen molar-refractivity contribution >= 4 is 45.6 Å². The summed E-state index contributed by atoms with van der Waals surface area (Å²) in [5, 5.41) is 9.83. The van der Waals surface area contributed by atoms with Gasteiger partial charge in [0.25, 0.3) is 5.91 Å². The van der Waals surface area contributed by atoms with Gasteiger partial charge in [-0.1, -0.05) is 79.5 Å². The summed E-state index contributed by atoms with van der Waals surface area (Å²) in [7, 11) is 0. The van der Waals surface area contributed by atoms with Crippen LogP contribution in [-0.4, -0.2) is 12.5 Å². The second-order valence-corrected chi connectivity index (χ2v) is 9.67. The normalized spacial score (nSPS) is 11.0. The van der Waals surface area contributed by atoms with Crippen LogP contribution in [0.1, 0.15) is 35.3 Å². The summed E-state index contributed by atoms with van der Waals surface area (Å²) in [5.41, 5.74) is 3.38. The van der Waals surface area contributed by atoms with Crippen LogP contribution >= 0.6 is 23.2 Å². The van der Waals surface area contributed by atoms with Crippen molar-refractivity contribution in [3.05, 3.63) is 106 Å². The molecule has 0 unspecified atom stereocenters. The molecule has 180 valence electrons. The van der Waals surface area contributed by atoms with Crippen molar-refractivity contribution in [3.63, 3.8) is 0 Å². The standard InChI is InChI=1S/C29H28Cl2N2O2/c1-19(2)16-33-29(34)21-7-5-8-24(14-21)32-17-26-25-9-4-3-6-20(25)11-13-28(26)35-18-22-10-12-23(30)15-27(22)31/h3-15,19,32H,16-18H2,1-2H3,(H,33,34). The van der Waals surface area contributed by atoms with Gasteiger partial charge in [0.05, 0.1) is 0 Å². The van der Waals surface area contributed by atoms with Gasteiger partial charge in [0, 0.05) is 45.5 Å². The van der Waals surface area contributed by atoms with Crippen molar-refractivity contribution < 1.29 is 9.53 Å². The summed E-state index contributed by atoms with van der Waals surface area (Å²) in [6.07, 6.45) is 0. The van der Waals surface area contributed by atoms with Crippen molar-refractivity contribution in [2.24, 2.45) is 5.92 Å². The second kappa shape index (κ2) is 11.5. The van der Waals surface area contributed by atoms with Gasteiger partial charge in [0.1, 0.15) is 12.4 Å². The first-order valence-corrected chi connectivity index (χ1v) is 12.4. The number of hydrogen-bond donors (Lipinski definition) is 2. The molecule has 0 aliphatic heterocycles. The average molecular weight is 507 g/mol. The Morgan fingerprint density at radius 3 is 2.57 bits per heavy atom. The summed E-state index contributed by atoms with van der Waals surface area (Å²) < 4.78 is 6.23. The van der Waals surface area contributed by atoms with Crippen LogP contribution in [0, 0.1) is 5.92 Å². The number of carbonyl (C=O) groups is 1. The molecule has 4 aromatic rings. The Kier molecular flexibility index (Phi) is 8.17. The third-order valence-electron chi connectivity index (χ3n) is 5.66. The SMILES string of the molecule is CC(C)CNC(=O)c1cccc(NCc2c(OCc3ccc(Cl)cc3Cl)ccc3ccccc23)c1. The van der Waals surface area contributed by atoms with Crippen molar-refractivity contribution in [1.82, 2.24) is 5.32 Å². The van der Waals surface area contributed by atoms with E-state index in [0.717, 1.165) is 33.3 Å². The molecule has 0 bridgehead atoms. The van der Waals surface area contributed by atoms with Crippen molar-refractivity contribution in [1.29, 1.82) is 0 Å². The lowest BCUT2D eigenvalue weighted by Gasteiger charge is -2.16. The molecule has 0 aliphatic rings. The van der Waals surface area contributed by atoms with Crippen LogP contribution in [0.25, 0.3) is 10.8 Å². The van der Waals surface area contributed by atoms with Crippen LogP contribution in [0.15, 0.2) is 78.9 Å². The molecule has 0 atom stereocenters. The maximum atomic E-state index is 12.5. The predicted octanol–water partition coefficient (Wildman–Crippen LogP) is 7.72. The van der Waals surface area contributed by atoms with Gasteiger partial charge in [-0.15, -0.1) is 0 Å². The third-order valence-corrected chi connectivity index (χ3v) is 6.25. The highest BCUT2D eigenvalue weighted by Gasteiger charge is 2.12. The highest BCUT2D eigenvalue weighted by atomic mass is 35.5. The van der Waals surface area contributed by atoms with Crippen molar-refractivity contribution in [2.45, 2.75) is 27.0 Å². The van der Waals surface area contributed by atoms with E-state index < -0.39 is 0 Å². The molecule has 4 nitrogen and oxygen atoms in total. The molecule has 0 aromatic heterocycles. The number of carbonyl (C=O) groups excluding carboxylic acids is 1. The maximum Gasteiger partial charge on any atom is 0.251 e. The lowest BCUT2D eigenvalue weighted by atomic mass is 10.0. The highest BCUT2D eigenvalue weighted by molar-refractivity contribution is 6.35. The molecule has 0 radical (unpaired) electrons. The Labute approximate surface area is 216 Å². The Bertz CT molecular complexity index is 1340. The van der Waals surface area contributed by atoms with E-state index in [2.05, 4.69) is 42.7 Å². The molecule has 0 heterocycles. The Balaban J connectivity index is 1.55. The number of hydrogen-bond acceptors (Lipinski definition) is 3. The molecule has 6 heteroatoms. The molecule has 2 N–H and O–H groups in total. The zero-order valence-corrected chi connectivity index (χ0v) is 21.3.